The van der Waals surface area contributed by atoms with Crippen molar-refractivity contribution in [2.75, 3.05) is 0 Å². The first-order valence-corrected chi connectivity index (χ1v) is 6.28. The van der Waals surface area contributed by atoms with Crippen LogP contribution in [-0.2, 0) is 4.79 Å². The normalized spacial score (nSPS) is 26.4. The Morgan fingerprint density at radius 2 is 2.11 bits per heavy atom. The van der Waals surface area contributed by atoms with Gasteiger partial charge in [-0.25, -0.2) is 0 Å². The van der Waals surface area contributed by atoms with E-state index >= 15 is 0 Å². The van der Waals surface area contributed by atoms with Gasteiger partial charge in [-0.2, -0.15) is 4.91 Å². The topological polar surface area (TPSA) is 66.7 Å². The summed E-state index contributed by atoms with van der Waals surface area (Å²) in [6.45, 7) is 10.8. The molecule has 0 heterocycles. The zero-order valence-corrected chi connectivity index (χ0v) is 11.9. The van der Waals surface area contributed by atoms with Crippen LogP contribution in [0.2, 0.25) is 0 Å². The predicted molar refractivity (Wildman–Crippen MR) is 75.6 cm³/mol. The minimum absolute atomic E-state index is 0.229. The lowest BCUT2D eigenvalue weighted by Crippen LogP contribution is -2.34. The fourth-order valence-corrected chi connectivity index (χ4v) is 2.33. The molecule has 0 saturated carbocycles. The molecule has 0 saturated heterocycles. The Kier molecular flexibility index (Phi) is 4.25. The van der Waals surface area contributed by atoms with E-state index in [0.717, 1.165) is 5.57 Å². The molecule has 4 nitrogen and oxygen atoms in total. The van der Waals surface area contributed by atoms with E-state index in [0.29, 0.717) is 12.0 Å². The Labute approximate surface area is 113 Å². The fourth-order valence-electron chi connectivity index (χ4n) is 2.33. The number of nitroso groups, excluding NO2 is 1. The molecule has 1 rings (SSSR count). The van der Waals surface area contributed by atoms with Gasteiger partial charge in [0.05, 0.1) is 5.60 Å². The van der Waals surface area contributed by atoms with Crippen molar-refractivity contribution in [3.63, 3.8) is 0 Å². The van der Waals surface area contributed by atoms with Gasteiger partial charge in [-0.15, -0.1) is 0 Å². The largest absolute Gasteiger partial charge is 0.382 e. The van der Waals surface area contributed by atoms with Gasteiger partial charge in [0.2, 0.25) is 0 Å². The Bertz CT molecular complexity index is 470. The van der Waals surface area contributed by atoms with Crippen molar-refractivity contribution in [1.29, 1.82) is 0 Å². The second-order valence-corrected chi connectivity index (χ2v) is 5.88. The number of nitrogens with zero attached hydrogens (tertiary/aromatic N) is 1. The molecular formula is C15H21NO3. The van der Waals surface area contributed by atoms with Gasteiger partial charge in [-0.1, -0.05) is 37.8 Å². The van der Waals surface area contributed by atoms with Crippen LogP contribution in [0.4, 0.5) is 0 Å². The summed E-state index contributed by atoms with van der Waals surface area (Å²) in [5.74, 6) is -0.229. The molecule has 0 amide bonds. The van der Waals surface area contributed by atoms with Crippen LogP contribution in [0, 0.1) is 10.3 Å². The van der Waals surface area contributed by atoms with E-state index in [4.69, 9.17) is 0 Å². The zero-order chi connectivity index (χ0) is 14.8. The maximum Gasteiger partial charge on any atom is 0.186 e. The van der Waals surface area contributed by atoms with Crippen LogP contribution in [0.1, 0.15) is 34.1 Å². The van der Waals surface area contributed by atoms with Crippen molar-refractivity contribution < 1.29 is 9.90 Å². The monoisotopic (exact) mass is 263 g/mol. The number of hydrogen-bond acceptors (Lipinski definition) is 4. The van der Waals surface area contributed by atoms with Gasteiger partial charge in [0.25, 0.3) is 0 Å². The van der Waals surface area contributed by atoms with E-state index in [1.165, 1.54) is 6.08 Å². The van der Waals surface area contributed by atoms with E-state index in [1.54, 1.807) is 26.0 Å². The molecule has 19 heavy (non-hydrogen) atoms. The molecule has 0 radical (unpaired) electrons. The number of aliphatic hydroxyl groups is 1. The lowest BCUT2D eigenvalue weighted by molar-refractivity contribution is -0.118. The first kappa shape index (κ1) is 15.5. The molecule has 0 spiro atoms. The average molecular weight is 263 g/mol. The van der Waals surface area contributed by atoms with Gasteiger partial charge in [0.15, 0.2) is 11.8 Å². The number of carbonyl (C=O) groups excluding carboxylic acids is 1. The molecule has 0 aromatic rings. The number of allylic oxidation sites excluding steroid dienone is 2. The summed E-state index contributed by atoms with van der Waals surface area (Å²) in [5, 5.41) is 12.8. The maximum atomic E-state index is 12.0. The smallest absolute Gasteiger partial charge is 0.186 e. The molecule has 0 bridgehead atoms. The molecule has 1 N–H and O–H groups in total. The van der Waals surface area contributed by atoms with E-state index in [-0.39, 0.29) is 11.2 Å². The third-order valence-corrected chi connectivity index (χ3v) is 3.64. The molecule has 1 aliphatic rings. The minimum atomic E-state index is -1.12. The molecule has 0 fully saturated rings. The highest BCUT2D eigenvalue weighted by molar-refractivity contribution is 6.01. The van der Waals surface area contributed by atoms with Gasteiger partial charge < -0.3 is 5.11 Å². The number of carbonyl (C=O) groups is 1. The number of hydrogen-bond donors (Lipinski definition) is 1. The molecule has 2 unspecified atom stereocenters. The third kappa shape index (κ3) is 3.26. The van der Waals surface area contributed by atoms with Crippen molar-refractivity contribution in [3.8, 4) is 0 Å². The van der Waals surface area contributed by atoms with E-state index in [9.17, 15) is 14.8 Å². The molecular weight excluding hydrogens is 242 g/mol. The second kappa shape index (κ2) is 5.21. The number of ketones is 1. The van der Waals surface area contributed by atoms with Gasteiger partial charge in [-0.05, 0) is 42.9 Å². The van der Waals surface area contributed by atoms with Gasteiger partial charge in [0, 0.05) is 0 Å². The van der Waals surface area contributed by atoms with Crippen LogP contribution in [0.3, 0.4) is 0 Å². The molecule has 0 aromatic carbocycles. The summed E-state index contributed by atoms with van der Waals surface area (Å²) in [4.78, 5) is 22.7. The number of rotatable bonds is 4. The van der Waals surface area contributed by atoms with Crippen molar-refractivity contribution >= 4 is 5.78 Å². The zero-order valence-electron chi connectivity index (χ0n) is 11.9. The highest BCUT2D eigenvalue weighted by Gasteiger charge is 2.38. The first-order chi connectivity index (χ1) is 8.64. The van der Waals surface area contributed by atoms with Crippen molar-refractivity contribution in [3.05, 3.63) is 40.9 Å². The van der Waals surface area contributed by atoms with Crippen molar-refractivity contribution in [2.24, 2.45) is 10.6 Å². The summed E-state index contributed by atoms with van der Waals surface area (Å²) in [5.41, 5.74) is -0.0762. The standard InChI is InChI=1S/C15H21NO3/c1-6-15(5,18)8-7-11-10(2)13(17)12(16-19)9-14(11,3)4/h6-8,12,18H,1,9H2,2-5H3/b8-7+. The summed E-state index contributed by atoms with van der Waals surface area (Å²) < 4.78 is 0. The lowest BCUT2D eigenvalue weighted by atomic mass is 9.70. The molecule has 0 aliphatic heterocycles. The van der Waals surface area contributed by atoms with Gasteiger partial charge in [-0.3, -0.25) is 4.79 Å². The molecule has 4 heteroatoms. The first-order valence-electron chi connectivity index (χ1n) is 6.28. The summed E-state index contributed by atoms with van der Waals surface area (Å²) >= 11 is 0. The Balaban J connectivity index is 3.23. The SMILES string of the molecule is C=CC(C)(O)/C=C/C1=C(C)C(=O)C(N=O)CC1(C)C. The highest BCUT2D eigenvalue weighted by Crippen LogP contribution is 2.40. The van der Waals surface area contributed by atoms with Crippen LogP contribution >= 0.6 is 0 Å². The van der Waals surface area contributed by atoms with Gasteiger partial charge in [0.1, 0.15) is 0 Å². The van der Waals surface area contributed by atoms with Crippen LogP contribution < -0.4 is 0 Å². The Morgan fingerprint density at radius 3 is 2.58 bits per heavy atom. The Morgan fingerprint density at radius 1 is 1.53 bits per heavy atom. The summed E-state index contributed by atoms with van der Waals surface area (Å²) in [7, 11) is 0. The predicted octanol–water partition coefficient (Wildman–Crippen LogP) is 2.93. The number of Topliss-reactive ketones (excluding diaryl/α,β-unsaturated/α-hetero) is 1. The minimum Gasteiger partial charge on any atom is -0.382 e. The maximum absolute atomic E-state index is 12.0. The van der Waals surface area contributed by atoms with E-state index in [2.05, 4.69) is 11.8 Å². The van der Waals surface area contributed by atoms with Crippen LogP contribution in [-0.4, -0.2) is 22.5 Å². The average Bonchev–Trinajstić information content (AvgIpc) is 2.33. The molecule has 2 atom stereocenters. The summed E-state index contributed by atoms with van der Waals surface area (Å²) in [6.07, 6.45) is 5.16. The van der Waals surface area contributed by atoms with Crippen LogP contribution in [0.15, 0.2) is 41.1 Å². The van der Waals surface area contributed by atoms with Crippen LogP contribution in [0.5, 0.6) is 0 Å². The quantitative estimate of drug-likeness (QED) is 0.626. The van der Waals surface area contributed by atoms with Crippen molar-refractivity contribution in [1.82, 2.24) is 0 Å². The highest BCUT2D eigenvalue weighted by atomic mass is 16.3. The Hall–Kier alpha value is -1.55. The van der Waals surface area contributed by atoms with E-state index in [1.807, 2.05) is 13.8 Å². The lowest BCUT2D eigenvalue weighted by Gasteiger charge is -2.34. The van der Waals surface area contributed by atoms with E-state index < -0.39 is 11.6 Å². The van der Waals surface area contributed by atoms with Crippen LogP contribution in [0.25, 0.3) is 0 Å². The second-order valence-electron chi connectivity index (χ2n) is 5.88. The van der Waals surface area contributed by atoms with Gasteiger partial charge >= 0.3 is 0 Å². The fraction of sp³-hybridized carbons (Fsp3) is 0.533. The third-order valence-electron chi connectivity index (χ3n) is 3.64. The molecule has 1 aliphatic carbocycles. The molecule has 104 valence electrons. The molecule has 0 aromatic heterocycles. The van der Waals surface area contributed by atoms with Crippen molar-refractivity contribution in [2.45, 2.75) is 45.8 Å². The summed E-state index contributed by atoms with van der Waals surface area (Å²) in [6, 6.07) is -0.799.